The van der Waals surface area contributed by atoms with Crippen molar-refractivity contribution in [3.63, 3.8) is 0 Å². The minimum absolute atomic E-state index is 0.0765. The summed E-state index contributed by atoms with van der Waals surface area (Å²) < 4.78 is 5.51. The van der Waals surface area contributed by atoms with Gasteiger partial charge in [0.25, 0.3) is 0 Å². The minimum atomic E-state index is -0.190. The van der Waals surface area contributed by atoms with Gasteiger partial charge in [0.05, 0.1) is 5.60 Å². The molecule has 1 saturated heterocycles. The molecule has 0 aromatic rings. The van der Waals surface area contributed by atoms with E-state index in [4.69, 9.17) is 15.3 Å². The highest BCUT2D eigenvalue weighted by atomic mass is 16.6. The summed E-state index contributed by atoms with van der Waals surface area (Å²) >= 11 is 0. The summed E-state index contributed by atoms with van der Waals surface area (Å²) in [4.78, 5) is 0. The van der Waals surface area contributed by atoms with Crippen LogP contribution in [-0.4, -0.2) is 11.7 Å². The molecule has 2 unspecified atom stereocenters. The van der Waals surface area contributed by atoms with E-state index in [2.05, 4.69) is 19.9 Å². The maximum atomic E-state index is 8.62. The summed E-state index contributed by atoms with van der Waals surface area (Å²) in [6.07, 6.45) is 5.60. The molecule has 84 valence electrons. The third-order valence-corrected chi connectivity index (χ3v) is 2.69. The van der Waals surface area contributed by atoms with Gasteiger partial charge in [0.1, 0.15) is 23.8 Å². The van der Waals surface area contributed by atoms with E-state index < -0.39 is 0 Å². The molecule has 0 bridgehead atoms. The Morgan fingerprint density at radius 2 is 2.00 bits per heavy atom. The number of allylic oxidation sites excluding steroid dienone is 3. The normalized spacial score (nSPS) is 26.2. The van der Waals surface area contributed by atoms with Crippen molar-refractivity contribution in [1.82, 2.24) is 0 Å². The van der Waals surface area contributed by atoms with E-state index in [1.54, 1.807) is 6.08 Å². The first-order valence-electron chi connectivity index (χ1n) is 5.35. The van der Waals surface area contributed by atoms with Crippen molar-refractivity contribution in [2.75, 3.05) is 0 Å². The Bertz CT molecular complexity index is 389. The van der Waals surface area contributed by atoms with Gasteiger partial charge in [0.2, 0.25) is 0 Å². The summed E-state index contributed by atoms with van der Waals surface area (Å²) in [6, 6.07) is 3.69. The summed E-state index contributed by atoms with van der Waals surface area (Å²) in [7, 11) is 0. The molecule has 1 rings (SSSR count). The Hall–Kier alpha value is -1.58. The molecule has 0 spiro atoms. The highest BCUT2D eigenvalue weighted by molar-refractivity contribution is 5.38. The van der Waals surface area contributed by atoms with E-state index in [9.17, 15) is 0 Å². The maximum absolute atomic E-state index is 8.62. The molecule has 1 fully saturated rings. The van der Waals surface area contributed by atoms with Gasteiger partial charge >= 0.3 is 0 Å². The number of epoxide rings is 1. The van der Waals surface area contributed by atoms with Crippen LogP contribution < -0.4 is 0 Å². The fourth-order valence-electron chi connectivity index (χ4n) is 1.57. The van der Waals surface area contributed by atoms with Crippen LogP contribution in [0.3, 0.4) is 0 Å². The third kappa shape index (κ3) is 3.22. The SMILES string of the molecule is CC(C)=CCCC1(C)OC1C=C(C#N)C#N. The van der Waals surface area contributed by atoms with Crippen LogP contribution in [0.5, 0.6) is 0 Å². The smallest absolute Gasteiger partial charge is 0.128 e. The van der Waals surface area contributed by atoms with Crippen LogP contribution in [0.15, 0.2) is 23.3 Å². The lowest BCUT2D eigenvalue weighted by Crippen LogP contribution is -2.07. The highest BCUT2D eigenvalue weighted by Crippen LogP contribution is 2.41. The molecule has 0 aromatic carbocycles. The lowest BCUT2D eigenvalue weighted by atomic mass is 9.99. The Kier molecular flexibility index (Phi) is 3.88. The van der Waals surface area contributed by atoms with Crippen LogP contribution in [0, 0.1) is 22.7 Å². The van der Waals surface area contributed by atoms with Crippen molar-refractivity contribution >= 4 is 0 Å². The molecule has 0 N–H and O–H groups in total. The monoisotopic (exact) mass is 216 g/mol. The maximum Gasteiger partial charge on any atom is 0.128 e. The summed E-state index contributed by atoms with van der Waals surface area (Å²) in [5, 5.41) is 17.2. The second kappa shape index (κ2) is 4.96. The molecule has 1 aliphatic rings. The molecule has 0 aliphatic carbocycles. The van der Waals surface area contributed by atoms with E-state index >= 15 is 0 Å². The Morgan fingerprint density at radius 3 is 2.50 bits per heavy atom. The quantitative estimate of drug-likeness (QED) is 0.412. The van der Waals surface area contributed by atoms with Gasteiger partial charge in [0.15, 0.2) is 0 Å². The van der Waals surface area contributed by atoms with Gasteiger partial charge in [-0.1, -0.05) is 11.6 Å². The molecule has 0 radical (unpaired) electrons. The van der Waals surface area contributed by atoms with Crippen molar-refractivity contribution in [1.29, 1.82) is 10.5 Å². The van der Waals surface area contributed by atoms with Gasteiger partial charge in [-0.15, -0.1) is 0 Å². The number of nitrogens with zero attached hydrogens (tertiary/aromatic N) is 2. The largest absolute Gasteiger partial charge is 0.362 e. The minimum Gasteiger partial charge on any atom is -0.362 e. The zero-order chi connectivity index (χ0) is 12.2. The summed E-state index contributed by atoms with van der Waals surface area (Å²) in [5.74, 6) is 0. The first-order valence-corrected chi connectivity index (χ1v) is 5.35. The first kappa shape index (κ1) is 12.5. The standard InChI is InChI=1S/C13H16N2O/c1-10(2)5-4-6-13(3)12(16-13)7-11(8-14)9-15/h5,7,12H,4,6H2,1-3H3. The van der Waals surface area contributed by atoms with Crippen molar-refractivity contribution in [2.24, 2.45) is 0 Å². The van der Waals surface area contributed by atoms with E-state index in [0.29, 0.717) is 0 Å². The third-order valence-electron chi connectivity index (χ3n) is 2.69. The number of hydrogen-bond donors (Lipinski definition) is 0. The summed E-state index contributed by atoms with van der Waals surface area (Å²) in [6.45, 7) is 6.15. The molecular formula is C13H16N2O. The number of hydrogen-bond acceptors (Lipinski definition) is 3. The van der Waals surface area contributed by atoms with Crippen LogP contribution >= 0.6 is 0 Å². The summed E-state index contributed by atoms with van der Waals surface area (Å²) in [5.41, 5.74) is 1.24. The van der Waals surface area contributed by atoms with Crippen molar-refractivity contribution in [3.8, 4) is 12.1 Å². The zero-order valence-corrected chi connectivity index (χ0v) is 9.95. The molecule has 16 heavy (non-hydrogen) atoms. The average molecular weight is 216 g/mol. The second-order valence-corrected chi connectivity index (χ2v) is 4.48. The van der Waals surface area contributed by atoms with Crippen LogP contribution in [0.25, 0.3) is 0 Å². The zero-order valence-electron chi connectivity index (χ0n) is 9.95. The Labute approximate surface area is 96.6 Å². The van der Waals surface area contributed by atoms with Crippen molar-refractivity contribution < 1.29 is 4.74 Å². The molecule has 3 nitrogen and oxygen atoms in total. The topological polar surface area (TPSA) is 60.1 Å². The molecule has 0 aromatic heterocycles. The van der Waals surface area contributed by atoms with E-state index in [-0.39, 0.29) is 17.3 Å². The van der Waals surface area contributed by atoms with E-state index in [1.165, 1.54) is 5.57 Å². The van der Waals surface area contributed by atoms with Gasteiger partial charge in [0, 0.05) is 0 Å². The fourth-order valence-corrected chi connectivity index (χ4v) is 1.57. The highest BCUT2D eigenvalue weighted by Gasteiger charge is 2.50. The lowest BCUT2D eigenvalue weighted by molar-refractivity contribution is 0.303. The number of nitriles is 2. The molecule has 0 amide bonds. The van der Waals surface area contributed by atoms with Gasteiger partial charge in [-0.3, -0.25) is 0 Å². The average Bonchev–Trinajstić information content (AvgIpc) is 2.85. The Balaban J connectivity index is 2.49. The van der Waals surface area contributed by atoms with Crippen LogP contribution in [-0.2, 0) is 4.74 Å². The van der Waals surface area contributed by atoms with Crippen LogP contribution in [0.2, 0.25) is 0 Å². The van der Waals surface area contributed by atoms with E-state index in [0.717, 1.165) is 12.8 Å². The molecule has 1 aliphatic heterocycles. The molecule has 3 heteroatoms. The van der Waals surface area contributed by atoms with Crippen LogP contribution in [0.1, 0.15) is 33.6 Å². The van der Waals surface area contributed by atoms with Crippen LogP contribution in [0.4, 0.5) is 0 Å². The van der Waals surface area contributed by atoms with Gasteiger partial charge < -0.3 is 4.74 Å². The lowest BCUT2D eigenvalue weighted by Gasteiger charge is -2.02. The number of ether oxygens (including phenoxy) is 1. The van der Waals surface area contributed by atoms with Gasteiger partial charge in [-0.2, -0.15) is 10.5 Å². The number of rotatable bonds is 4. The fraction of sp³-hybridized carbons (Fsp3) is 0.538. The van der Waals surface area contributed by atoms with Gasteiger partial charge in [-0.05, 0) is 39.7 Å². The second-order valence-electron chi connectivity index (χ2n) is 4.48. The van der Waals surface area contributed by atoms with Crippen molar-refractivity contribution in [3.05, 3.63) is 23.3 Å². The van der Waals surface area contributed by atoms with Gasteiger partial charge in [-0.25, -0.2) is 0 Å². The molecular weight excluding hydrogens is 200 g/mol. The molecule has 2 atom stereocenters. The predicted octanol–water partition coefficient (Wildman–Crippen LogP) is 2.86. The molecule has 1 heterocycles. The predicted molar refractivity (Wildman–Crippen MR) is 61.3 cm³/mol. The van der Waals surface area contributed by atoms with Crippen molar-refractivity contribution in [2.45, 2.75) is 45.3 Å². The Morgan fingerprint density at radius 1 is 1.38 bits per heavy atom. The molecule has 0 saturated carbocycles. The first-order chi connectivity index (χ1) is 7.51. The van der Waals surface area contributed by atoms with E-state index in [1.807, 2.05) is 19.1 Å².